The molecule has 0 aromatic heterocycles. The highest BCUT2D eigenvalue weighted by Crippen LogP contribution is 2.03. The van der Waals surface area contributed by atoms with Crippen molar-refractivity contribution in [2.24, 2.45) is 5.73 Å². The average Bonchev–Trinajstić information content (AvgIpc) is 1.80. The summed E-state index contributed by atoms with van der Waals surface area (Å²) in [6.07, 6.45) is 0. The molecule has 0 aromatic carbocycles. The molecule has 5 heteroatoms. The molecule has 0 saturated carbocycles. The summed E-state index contributed by atoms with van der Waals surface area (Å²) >= 11 is 11.3. The summed E-state index contributed by atoms with van der Waals surface area (Å²) in [5.74, 6) is 0. The van der Waals surface area contributed by atoms with Crippen LogP contribution < -0.4 is 16.4 Å². The summed E-state index contributed by atoms with van der Waals surface area (Å²) in [5, 5.41) is 5.73. The van der Waals surface area contributed by atoms with Gasteiger partial charge in [0.1, 0.15) is 11.1 Å². The molecule has 0 aliphatic carbocycles. The van der Waals surface area contributed by atoms with Gasteiger partial charge in [-0.2, -0.15) is 0 Å². The molecule has 1 aliphatic rings. The molecule has 9 heavy (non-hydrogen) atoms. The molecule has 4 N–H and O–H groups in total. The van der Waals surface area contributed by atoms with E-state index in [1.54, 1.807) is 0 Å². The smallest absolute Gasteiger partial charge is 0.136 e. The lowest BCUT2D eigenvalue weighted by Crippen LogP contribution is -2.59. The van der Waals surface area contributed by atoms with Gasteiger partial charge < -0.3 is 5.73 Å². The number of alkyl halides is 2. The molecular weight excluding hydrogens is 161 g/mol. The fourth-order valence-electron chi connectivity index (χ4n) is 0.665. The molecule has 0 spiro atoms. The Morgan fingerprint density at radius 2 is 2.11 bits per heavy atom. The molecule has 1 aliphatic heterocycles. The number of nitrogens with one attached hydrogen (secondary N) is 2. The monoisotopic (exact) mass is 169 g/mol. The van der Waals surface area contributed by atoms with Crippen LogP contribution in [0.2, 0.25) is 0 Å². The molecule has 0 aromatic rings. The Bertz CT molecular complexity index is 99.8. The maximum absolute atomic E-state index is 5.70. The maximum atomic E-state index is 5.70. The molecule has 3 unspecified atom stereocenters. The quantitative estimate of drug-likeness (QED) is 0.342. The summed E-state index contributed by atoms with van der Waals surface area (Å²) in [5.41, 5.74) is 5.07. The van der Waals surface area contributed by atoms with Crippen LogP contribution in [0.3, 0.4) is 0 Å². The van der Waals surface area contributed by atoms with E-state index in [1.807, 2.05) is 0 Å². The van der Waals surface area contributed by atoms with Crippen molar-refractivity contribution in [1.82, 2.24) is 10.6 Å². The lowest BCUT2D eigenvalue weighted by molar-refractivity contribution is 0.386. The number of nitrogens with two attached hydrogens (primary N) is 1. The van der Waals surface area contributed by atoms with E-state index in [4.69, 9.17) is 28.9 Å². The van der Waals surface area contributed by atoms with Crippen molar-refractivity contribution in [1.29, 1.82) is 0 Å². The average molecular weight is 170 g/mol. The molecule has 1 rings (SSSR count). The van der Waals surface area contributed by atoms with Crippen LogP contribution in [-0.2, 0) is 0 Å². The van der Waals surface area contributed by atoms with Gasteiger partial charge in [-0.1, -0.05) is 11.6 Å². The van der Waals surface area contributed by atoms with Gasteiger partial charge in [0.2, 0.25) is 0 Å². The van der Waals surface area contributed by atoms with Crippen LogP contribution in [0, 0.1) is 0 Å². The Morgan fingerprint density at radius 3 is 2.56 bits per heavy atom. The van der Waals surface area contributed by atoms with E-state index in [0.717, 1.165) is 0 Å². The van der Waals surface area contributed by atoms with Crippen LogP contribution in [0.25, 0.3) is 0 Å². The number of hydrogen-bond acceptors (Lipinski definition) is 3. The van der Waals surface area contributed by atoms with Crippen molar-refractivity contribution >= 4 is 23.2 Å². The molecule has 0 amide bonds. The zero-order valence-corrected chi connectivity index (χ0v) is 6.28. The molecule has 54 valence electrons. The highest BCUT2D eigenvalue weighted by Gasteiger charge is 2.22. The van der Waals surface area contributed by atoms with Crippen molar-refractivity contribution in [3.63, 3.8) is 0 Å². The van der Waals surface area contributed by atoms with Gasteiger partial charge in [0.15, 0.2) is 0 Å². The first kappa shape index (κ1) is 7.57. The molecule has 1 saturated heterocycles. The van der Waals surface area contributed by atoms with Crippen molar-refractivity contribution in [2.75, 3.05) is 6.54 Å². The Labute approximate surface area is 63.9 Å². The second kappa shape index (κ2) is 3.03. The number of rotatable bonds is 0. The van der Waals surface area contributed by atoms with Crippen LogP contribution in [0.4, 0.5) is 0 Å². The summed E-state index contributed by atoms with van der Waals surface area (Å²) in [7, 11) is 0. The van der Waals surface area contributed by atoms with Crippen molar-refractivity contribution < 1.29 is 0 Å². The van der Waals surface area contributed by atoms with E-state index in [9.17, 15) is 0 Å². The van der Waals surface area contributed by atoms with Gasteiger partial charge in [0, 0.05) is 12.6 Å². The lowest BCUT2D eigenvalue weighted by Gasteiger charge is -2.29. The van der Waals surface area contributed by atoms with E-state index in [-0.39, 0.29) is 17.2 Å². The fourth-order valence-corrected chi connectivity index (χ4v) is 1.17. The van der Waals surface area contributed by atoms with Crippen LogP contribution in [0.15, 0.2) is 0 Å². The summed E-state index contributed by atoms with van der Waals surface area (Å²) in [6.45, 7) is 0.662. The van der Waals surface area contributed by atoms with Gasteiger partial charge in [0.05, 0.1) is 0 Å². The van der Waals surface area contributed by atoms with E-state index >= 15 is 0 Å². The van der Waals surface area contributed by atoms with Crippen molar-refractivity contribution in [3.8, 4) is 0 Å². The lowest BCUT2D eigenvalue weighted by atomic mass is 10.3. The van der Waals surface area contributed by atoms with E-state index in [1.165, 1.54) is 0 Å². The first-order valence-corrected chi connectivity index (χ1v) is 3.60. The van der Waals surface area contributed by atoms with E-state index in [2.05, 4.69) is 10.6 Å². The summed E-state index contributed by atoms with van der Waals surface area (Å²) in [4.78, 5) is 0. The highest BCUT2D eigenvalue weighted by atomic mass is 35.5. The molecular formula is C4H9Cl2N3. The molecule has 3 atom stereocenters. The van der Waals surface area contributed by atoms with Gasteiger partial charge >= 0.3 is 0 Å². The first-order chi connectivity index (χ1) is 4.20. The van der Waals surface area contributed by atoms with Crippen LogP contribution in [0.1, 0.15) is 0 Å². The predicted octanol–water partition coefficient (Wildman–Crippen LogP) is -0.406. The largest absolute Gasteiger partial charge is 0.324 e. The second-order valence-corrected chi connectivity index (χ2v) is 2.91. The molecule has 1 heterocycles. The molecule has 0 bridgehead atoms. The Hall–Kier alpha value is 0.460. The van der Waals surface area contributed by atoms with Gasteiger partial charge in [-0.25, -0.2) is 0 Å². The number of hydrogen-bond donors (Lipinski definition) is 3. The van der Waals surface area contributed by atoms with Gasteiger partial charge in [-0.15, -0.1) is 11.6 Å². The minimum atomic E-state index is -0.243. The number of halogens is 2. The maximum Gasteiger partial charge on any atom is 0.136 e. The van der Waals surface area contributed by atoms with E-state index < -0.39 is 0 Å². The third-order valence-corrected chi connectivity index (χ3v) is 1.94. The van der Waals surface area contributed by atoms with Gasteiger partial charge in [0.25, 0.3) is 0 Å². The zero-order valence-electron chi connectivity index (χ0n) is 4.77. The normalized spacial score (nSPS) is 45.0. The van der Waals surface area contributed by atoms with Crippen LogP contribution in [-0.4, -0.2) is 23.7 Å². The van der Waals surface area contributed by atoms with Crippen molar-refractivity contribution in [3.05, 3.63) is 0 Å². The zero-order chi connectivity index (χ0) is 6.85. The second-order valence-electron chi connectivity index (χ2n) is 2.00. The van der Waals surface area contributed by atoms with Crippen LogP contribution >= 0.6 is 23.2 Å². The third kappa shape index (κ3) is 1.95. The topological polar surface area (TPSA) is 50.1 Å². The summed E-state index contributed by atoms with van der Waals surface area (Å²) < 4.78 is 0. The fraction of sp³-hybridized carbons (Fsp3) is 1.00. The Balaban J connectivity index is 2.35. The van der Waals surface area contributed by atoms with Gasteiger partial charge in [-0.05, 0) is 0 Å². The molecule has 1 fully saturated rings. The standard InChI is InChI=1S/C4H9Cl2N3/c5-3-2(7)1-8-4(6)9-3/h2-4,8-9H,1,7H2. The molecule has 3 nitrogen and oxygen atoms in total. The molecule has 0 radical (unpaired) electrons. The Kier molecular flexibility index (Phi) is 2.55. The Morgan fingerprint density at radius 1 is 1.44 bits per heavy atom. The van der Waals surface area contributed by atoms with Crippen LogP contribution in [0.5, 0.6) is 0 Å². The minimum absolute atomic E-state index is 0.0540. The highest BCUT2D eigenvalue weighted by molar-refractivity contribution is 6.23. The van der Waals surface area contributed by atoms with Gasteiger partial charge in [-0.3, -0.25) is 10.6 Å². The summed E-state index contributed by atoms with van der Waals surface area (Å²) in [6, 6.07) is -0.0540. The first-order valence-electron chi connectivity index (χ1n) is 2.73. The minimum Gasteiger partial charge on any atom is -0.324 e. The van der Waals surface area contributed by atoms with E-state index in [0.29, 0.717) is 6.54 Å². The predicted molar refractivity (Wildman–Crippen MR) is 38.4 cm³/mol. The third-order valence-electron chi connectivity index (χ3n) is 1.21. The SMILES string of the molecule is NC1CNC(Cl)NC1Cl. The van der Waals surface area contributed by atoms with Crippen molar-refractivity contribution in [2.45, 2.75) is 17.2 Å².